The summed E-state index contributed by atoms with van der Waals surface area (Å²) in [5.74, 6) is -0.378. The molecule has 1 atom stereocenters. The standard InChI is InChI=1S/C16H21ClFN3/c1-4-12-9-13(21(3)20-12)10-16(19-5-2)11-6-7-14(17)15(18)8-11/h6-9,16,19H,4-5,10H2,1-3H3. The fourth-order valence-corrected chi connectivity index (χ4v) is 2.55. The van der Waals surface area contributed by atoms with E-state index in [2.05, 4.69) is 23.4 Å². The Morgan fingerprint density at radius 3 is 2.67 bits per heavy atom. The minimum Gasteiger partial charge on any atom is -0.310 e. The Kier molecular flexibility index (Phi) is 5.37. The number of likely N-dealkylation sites (N-methyl/N-ethyl adjacent to an activating group) is 1. The normalized spacial score (nSPS) is 12.6. The predicted molar refractivity (Wildman–Crippen MR) is 84.1 cm³/mol. The quantitative estimate of drug-likeness (QED) is 0.882. The van der Waals surface area contributed by atoms with Gasteiger partial charge in [0.1, 0.15) is 5.82 Å². The third kappa shape index (κ3) is 3.83. The van der Waals surface area contributed by atoms with Gasteiger partial charge in [0, 0.05) is 25.2 Å². The van der Waals surface area contributed by atoms with Crippen LogP contribution >= 0.6 is 11.6 Å². The molecule has 1 aromatic carbocycles. The van der Waals surface area contributed by atoms with E-state index in [0.29, 0.717) is 0 Å². The molecular weight excluding hydrogens is 289 g/mol. The highest BCUT2D eigenvalue weighted by atomic mass is 35.5. The molecule has 1 unspecified atom stereocenters. The van der Waals surface area contributed by atoms with Crippen molar-refractivity contribution >= 4 is 11.6 Å². The second-order valence-corrected chi connectivity index (χ2v) is 5.50. The molecule has 0 amide bonds. The molecule has 0 bridgehead atoms. The van der Waals surface area contributed by atoms with E-state index >= 15 is 0 Å². The molecule has 0 aliphatic heterocycles. The SMILES string of the molecule is CCNC(Cc1cc(CC)nn1C)c1ccc(Cl)c(F)c1. The van der Waals surface area contributed by atoms with Crippen LogP contribution in [0.25, 0.3) is 0 Å². The molecule has 21 heavy (non-hydrogen) atoms. The van der Waals surface area contributed by atoms with Crippen molar-refractivity contribution in [2.24, 2.45) is 7.05 Å². The molecule has 0 saturated carbocycles. The van der Waals surface area contributed by atoms with Gasteiger partial charge < -0.3 is 5.32 Å². The van der Waals surface area contributed by atoms with E-state index in [9.17, 15) is 4.39 Å². The number of hydrogen-bond donors (Lipinski definition) is 1. The van der Waals surface area contributed by atoms with Crippen LogP contribution in [0.1, 0.15) is 36.8 Å². The zero-order valence-corrected chi connectivity index (χ0v) is 13.4. The van der Waals surface area contributed by atoms with Gasteiger partial charge in [-0.25, -0.2) is 4.39 Å². The Morgan fingerprint density at radius 1 is 1.33 bits per heavy atom. The van der Waals surface area contributed by atoms with Crippen molar-refractivity contribution in [2.45, 2.75) is 32.7 Å². The highest BCUT2D eigenvalue weighted by Gasteiger charge is 2.16. The van der Waals surface area contributed by atoms with Gasteiger partial charge in [-0.2, -0.15) is 5.10 Å². The third-order valence-corrected chi connectivity index (χ3v) is 3.91. The summed E-state index contributed by atoms with van der Waals surface area (Å²) in [5.41, 5.74) is 3.11. The maximum absolute atomic E-state index is 13.7. The average Bonchev–Trinajstić information content (AvgIpc) is 2.82. The number of hydrogen-bond acceptors (Lipinski definition) is 2. The van der Waals surface area contributed by atoms with E-state index in [1.165, 1.54) is 6.07 Å². The summed E-state index contributed by atoms with van der Waals surface area (Å²) >= 11 is 5.76. The number of aryl methyl sites for hydroxylation is 2. The van der Waals surface area contributed by atoms with E-state index in [0.717, 1.165) is 36.3 Å². The third-order valence-electron chi connectivity index (χ3n) is 3.60. The first-order valence-electron chi connectivity index (χ1n) is 7.25. The Hall–Kier alpha value is -1.39. The molecule has 1 heterocycles. The minimum absolute atomic E-state index is 0.0434. The molecule has 5 heteroatoms. The van der Waals surface area contributed by atoms with Gasteiger partial charge in [0.05, 0.1) is 10.7 Å². The van der Waals surface area contributed by atoms with E-state index in [1.54, 1.807) is 6.07 Å². The number of aromatic nitrogens is 2. The molecule has 1 aromatic heterocycles. The second-order valence-electron chi connectivity index (χ2n) is 5.09. The zero-order chi connectivity index (χ0) is 15.4. The van der Waals surface area contributed by atoms with Crippen LogP contribution in [0.4, 0.5) is 4.39 Å². The monoisotopic (exact) mass is 309 g/mol. The summed E-state index contributed by atoms with van der Waals surface area (Å²) in [7, 11) is 1.94. The van der Waals surface area contributed by atoms with Crippen LogP contribution in [-0.2, 0) is 19.9 Å². The summed E-state index contributed by atoms with van der Waals surface area (Å²) in [4.78, 5) is 0. The first-order chi connectivity index (χ1) is 10.0. The van der Waals surface area contributed by atoms with E-state index < -0.39 is 0 Å². The zero-order valence-electron chi connectivity index (χ0n) is 12.7. The molecule has 1 N–H and O–H groups in total. The predicted octanol–water partition coefficient (Wildman–Crippen LogP) is 3.67. The van der Waals surface area contributed by atoms with E-state index in [4.69, 9.17) is 11.6 Å². The second kappa shape index (κ2) is 7.05. The number of benzene rings is 1. The number of halogens is 2. The number of nitrogens with one attached hydrogen (secondary N) is 1. The molecule has 3 nitrogen and oxygen atoms in total. The molecule has 0 aliphatic carbocycles. The van der Waals surface area contributed by atoms with Gasteiger partial charge in [-0.1, -0.05) is 31.5 Å². The van der Waals surface area contributed by atoms with E-state index in [-0.39, 0.29) is 16.9 Å². The van der Waals surface area contributed by atoms with Crippen LogP contribution in [0, 0.1) is 5.82 Å². The lowest BCUT2D eigenvalue weighted by Gasteiger charge is -2.18. The lowest BCUT2D eigenvalue weighted by Crippen LogP contribution is -2.24. The maximum atomic E-state index is 13.7. The van der Waals surface area contributed by atoms with Crippen molar-refractivity contribution in [2.75, 3.05) is 6.54 Å². The molecular formula is C16H21ClFN3. The van der Waals surface area contributed by atoms with Crippen LogP contribution in [-0.4, -0.2) is 16.3 Å². The fourth-order valence-electron chi connectivity index (χ4n) is 2.43. The molecule has 2 aromatic rings. The molecule has 2 rings (SSSR count). The van der Waals surface area contributed by atoms with Crippen molar-refractivity contribution in [3.05, 3.63) is 52.1 Å². The van der Waals surface area contributed by atoms with Gasteiger partial charge in [-0.3, -0.25) is 4.68 Å². The number of nitrogens with zero attached hydrogens (tertiary/aromatic N) is 2. The molecule has 0 saturated heterocycles. The smallest absolute Gasteiger partial charge is 0.142 e. The van der Waals surface area contributed by atoms with Gasteiger partial charge >= 0.3 is 0 Å². The molecule has 114 valence electrons. The van der Waals surface area contributed by atoms with E-state index in [1.807, 2.05) is 24.7 Å². The largest absolute Gasteiger partial charge is 0.310 e. The first-order valence-corrected chi connectivity index (χ1v) is 7.63. The Bertz CT molecular complexity index is 610. The number of rotatable bonds is 6. The molecule has 0 spiro atoms. The Morgan fingerprint density at radius 2 is 2.10 bits per heavy atom. The topological polar surface area (TPSA) is 29.9 Å². The van der Waals surface area contributed by atoms with Crippen LogP contribution in [0.15, 0.2) is 24.3 Å². The first kappa shape index (κ1) is 16.0. The van der Waals surface area contributed by atoms with Gasteiger partial charge in [-0.05, 0) is 36.7 Å². The Balaban J connectivity index is 2.25. The lowest BCUT2D eigenvalue weighted by molar-refractivity contribution is 0.523. The van der Waals surface area contributed by atoms with Crippen molar-refractivity contribution in [1.82, 2.24) is 15.1 Å². The molecule has 0 fully saturated rings. The van der Waals surface area contributed by atoms with Crippen molar-refractivity contribution < 1.29 is 4.39 Å². The maximum Gasteiger partial charge on any atom is 0.142 e. The van der Waals surface area contributed by atoms with Crippen LogP contribution in [0.3, 0.4) is 0 Å². The minimum atomic E-state index is -0.378. The highest BCUT2D eigenvalue weighted by Crippen LogP contribution is 2.23. The molecule has 0 radical (unpaired) electrons. The van der Waals surface area contributed by atoms with Crippen molar-refractivity contribution in [3.8, 4) is 0 Å². The van der Waals surface area contributed by atoms with Gasteiger partial charge in [0.2, 0.25) is 0 Å². The average molecular weight is 310 g/mol. The fraction of sp³-hybridized carbons (Fsp3) is 0.438. The van der Waals surface area contributed by atoms with Gasteiger partial charge in [0.15, 0.2) is 0 Å². The highest BCUT2D eigenvalue weighted by molar-refractivity contribution is 6.30. The summed E-state index contributed by atoms with van der Waals surface area (Å²) in [6.45, 7) is 4.94. The van der Waals surface area contributed by atoms with Gasteiger partial charge in [0.25, 0.3) is 0 Å². The van der Waals surface area contributed by atoms with Crippen molar-refractivity contribution in [3.63, 3.8) is 0 Å². The molecule has 0 aliphatic rings. The summed E-state index contributed by atoms with van der Waals surface area (Å²) in [5, 5.41) is 8.01. The van der Waals surface area contributed by atoms with Crippen molar-refractivity contribution in [1.29, 1.82) is 0 Å². The van der Waals surface area contributed by atoms with Gasteiger partial charge in [-0.15, -0.1) is 0 Å². The lowest BCUT2D eigenvalue weighted by atomic mass is 10.0. The van der Waals surface area contributed by atoms with Crippen LogP contribution < -0.4 is 5.32 Å². The summed E-state index contributed by atoms with van der Waals surface area (Å²) in [6.07, 6.45) is 1.67. The summed E-state index contributed by atoms with van der Waals surface area (Å²) < 4.78 is 15.6. The van der Waals surface area contributed by atoms with Crippen LogP contribution in [0.2, 0.25) is 5.02 Å². The Labute approximate surface area is 130 Å². The summed E-state index contributed by atoms with van der Waals surface area (Å²) in [6, 6.07) is 7.14. The van der Waals surface area contributed by atoms with Crippen LogP contribution in [0.5, 0.6) is 0 Å².